The van der Waals surface area contributed by atoms with Crippen molar-refractivity contribution in [2.75, 3.05) is 72.6 Å². The number of hydrogen-bond acceptors (Lipinski definition) is 10. The van der Waals surface area contributed by atoms with Crippen molar-refractivity contribution in [2.45, 2.75) is 105 Å². The van der Waals surface area contributed by atoms with Gasteiger partial charge in [0.15, 0.2) is 0 Å². The summed E-state index contributed by atoms with van der Waals surface area (Å²) >= 11 is 0. The summed E-state index contributed by atoms with van der Waals surface area (Å²) in [4.78, 5) is 0. The third kappa shape index (κ3) is 20.6. The second kappa shape index (κ2) is 32.8. The van der Waals surface area contributed by atoms with Crippen molar-refractivity contribution in [3.8, 4) is 0 Å². The molecule has 0 heterocycles. The summed E-state index contributed by atoms with van der Waals surface area (Å²) in [5.41, 5.74) is 4.41. The molecule has 4 aromatic rings. The van der Waals surface area contributed by atoms with E-state index in [-0.39, 0.29) is 34.1 Å². The van der Waals surface area contributed by atoms with Gasteiger partial charge in [0.25, 0.3) is 0 Å². The van der Waals surface area contributed by atoms with Crippen LogP contribution in [0.1, 0.15) is 105 Å². The maximum Gasteiger partial charge on any atom is 2.00 e. The zero-order valence-electron chi connectivity index (χ0n) is 43.4. The van der Waals surface area contributed by atoms with Crippen LogP contribution in [0.4, 0.5) is 22.7 Å². The van der Waals surface area contributed by atoms with Gasteiger partial charge in [-0.3, -0.25) is 20.0 Å². The van der Waals surface area contributed by atoms with Gasteiger partial charge in [0.2, 0.25) is 0 Å². The molecule has 72 heavy (non-hydrogen) atoms. The average molecular weight is 1060 g/mol. The van der Waals surface area contributed by atoms with E-state index in [4.69, 9.17) is 29.9 Å². The molecule has 12 heteroatoms. The van der Waals surface area contributed by atoms with Gasteiger partial charge in [0, 0.05) is 24.9 Å². The number of benzene rings is 4. The van der Waals surface area contributed by atoms with Crippen molar-refractivity contribution in [1.29, 1.82) is 0 Å². The van der Waals surface area contributed by atoms with Crippen molar-refractivity contribution in [3.05, 3.63) is 145 Å². The van der Waals surface area contributed by atoms with Gasteiger partial charge < -0.3 is 33.1 Å². The van der Waals surface area contributed by atoms with E-state index in [1.54, 1.807) is 23.7 Å². The standard InChI is InChI=1S/2C30H40N4O.2Fe/c2*1-25-13-15-27(21-25)23-31-33(29-9-5-3-6-10-29)17-19-35-20-18-34(30-11-7-4-8-12-30)32-24-28-16-14-26(2)22-28;;/h2*3-12,23-24,27-28H,13-22H2,1-2H3;;/q2*-2;2*+2. The normalized spacial score (nSPS) is 20.8. The Hall–Kier alpha value is -4.28. The topological polar surface area (TPSA) is 80.9 Å². The predicted molar refractivity (Wildman–Crippen MR) is 296 cm³/mol. The van der Waals surface area contributed by atoms with Gasteiger partial charge in [-0.05, 0) is 72.2 Å². The van der Waals surface area contributed by atoms with Crippen LogP contribution in [0, 0.1) is 47.3 Å². The third-order valence-electron chi connectivity index (χ3n) is 13.9. The van der Waals surface area contributed by atoms with E-state index in [9.17, 15) is 0 Å². The van der Waals surface area contributed by atoms with Crippen molar-refractivity contribution < 1.29 is 43.6 Å². The van der Waals surface area contributed by atoms with Crippen LogP contribution in [-0.2, 0) is 43.6 Å². The van der Waals surface area contributed by atoms with Crippen LogP contribution in [0.25, 0.3) is 0 Å². The second-order valence-electron chi connectivity index (χ2n) is 20.0. The SMILES string of the molecule is C[C-]1CCC(C=NN(CCOCCN(N=CC2CC[C-](C)C2)c2ccccc2)c2ccccc2)C1.C[C-]1CCC(C=NN(CCOCCN(N=CC2CC[C-](C)C2)c2ccccc2)c2ccccc2)C1.[Fe+2].[Fe+2]. The Morgan fingerprint density at radius 3 is 0.764 bits per heavy atom. The van der Waals surface area contributed by atoms with E-state index in [2.05, 4.69) is 170 Å². The van der Waals surface area contributed by atoms with Crippen molar-refractivity contribution in [3.63, 3.8) is 0 Å². The molecule has 0 N–H and O–H groups in total. The molecule has 0 aliphatic heterocycles. The van der Waals surface area contributed by atoms with Crippen LogP contribution in [0.15, 0.2) is 142 Å². The number of hydrazone groups is 4. The number of nitrogens with zero attached hydrogens (tertiary/aromatic N) is 8. The second-order valence-corrected chi connectivity index (χ2v) is 20.0. The molecule has 0 amide bonds. The Kier molecular flexibility index (Phi) is 26.7. The van der Waals surface area contributed by atoms with Crippen LogP contribution < -0.4 is 20.0 Å². The number of anilines is 4. The fraction of sp³-hybridized carbons (Fsp3) is 0.467. The van der Waals surface area contributed by atoms with Gasteiger partial charge in [0.05, 0.1) is 75.4 Å². The first-order valence-corrected chi connectivity index (χ1v) is 26.2. The van der Waals surface area contributed by atoms with Crippen molar-refractivity contribution in [1.82, 2.24) is 0 Å². The molecule has 4 atom stereocenters. The van der Waals surface area contributed by atoms with Crippen LogP contribution in [0.2, 0.25) is 0 Å². The largest absolute Gasteiger partial charge is 2.00 e. The summed E-state index contributed by atoms with van der Waals surface area (Å²) in [6.07, 6.45) is 22.9. The molecular formula is C60H80Fe2N8O2. The molecule has 0 aromatic heterocycles. The summed E-state index contributed by atoms with van der Waals surface area (Å²) < 4.78 is 12.2. The molecule has 4 unspecified atom stereocenters. The molecule has 4 saturated carbocycles. The van der Waals surface area contributed by atoms with Gasteiger partial charge in [0.1, 0.15) is 0 Å². The zero-order chi connectivity index (χ0) is 48.6. The number of rotatable bonds is 24. The van der Waals surface area contributed by atoms with Crippen LogP contribution in [-0.4, -0.2) is 77.5 Å². The van der Waals surface area contributed by atoms with Crippen molar-refractivity contribution >= 4 is 47.6 Å². The molecule has 4 aliphatic carbocycles. The Bertz CT molecular complexity index is 1850. The van der Waals surface area contributed by atoms with E-state index in [1.807, 2.05) is 24.3 Å². The Labute approximate surface area is 455 Å². The Morgan fingerprint density at radius 1 is 0.375 bits per heavy atom. The molecule has 388 valence electrons. The van der Waals surface area contributed by atoms with Crippen molar-refractivity contribution in [2.24, 2.45) is 44.1 Å². The predicted octanol–water partition coefficient (Wildman–Crippen LogP) is 13.5. The average Bonchev–Trinajstić information content (AvgIpc) is 4.23. The minimum absolute atomic E-state index is 0. The number of para-hydroxylation sites is 4. The van der Waals surface area contributed by atoms with E-state index < -0.39 is 0 Å². The van der Waals surface area contributed by atoms with Crippen LogP contribution in [0.3, 0.4) is 0 Å². The summed E-state index contributed by atoms with van der Waals surface area (Å²) in [7, 11) is 0. The molecule has 4 aliphatic rings. The Balaban J connectivity index is 0.000000260. The number of hydrogen-bond donors (Lipinski definition) is 0. The molecule has 8 rings (SSSR count). The molecule has 0 radical (unpaired) electrons. The Morgan fingerprint density at radius 2 is 0.583 bits per heavy atom. The smallest absolute Gasteiger partial charge is 0.378 e. The quantitative estimate of drug-likeness (QED) is 0.0229. The van der Waals surface area contributed by atoms with Gasteiger partial charge in [-0.15, -0.1) is 0 Å². The maximum absolute atomic E-state index is 6.08. The summed E-state index contributed by atoms with van der Waals surface area (Å²) in [6.45, 7) is 14.4. The molecule has 4 aromatic carbocycles. The molecule has 10 nitrogen and oxygen atoms in total. The van der Waals surface area contributed by atoms with Crippen LogP contribution >= 0.6 is 0 Å². The molecule has 0 spiro atoms. The van der Waals surface area contributed by atoms with Gasteiger partial charge in [-0.25, -0.2) is 0 Å². The fourth-order valence-corrected chi connectivity index (χ4v) is 9.76. The number of ether oxygens (including phenoxy) is 2. The first-order chi connectivity index (χ1) is 34.3. The van der Waals surface area contributed by atoms with Crippen LogP contribution in [0.5, 0.6) is 0 Å². The van der Waals surface area contributed by atoms with E-state index >= 15 is 0 Å². The molecule has 0 saturated heterocycles. The van der Waals surface area contributed by atoms with Gasteiger partial charge in [-0.1, -0.05) is 98.5 Å². The third-order valence-corrected chi connectivity index (χ3v) is 13.9. The van der Waals surface area contributed by atoms with E-state index in [1.165, 1.54) is 51.4 Å². The summed E-state index contributed by atoms with van der Waals surface area (Å²) in [5.74, 6) is 8.57. The minimum Gasteiger partial charge on any atom is -0.378 e. The van der Waals surface area contributed by atoms with E-state index in [0.29, 0.717) is 50.1 Å². The van der Waals surface area contributed by atoms with E-state index in [0.717, 1.165) is 74.6 Å². The molecular weight excluding hydrogens is 976 g/mol. The maximum atomic E-state index is 6.08. The fourth-order valence-electron chi connectivity index (χ4n) is 9.76. The summed E-state index contributed by atoms with van der Waals surface area (Å²) in [5, 5.41) is 27.7. The summed E-state index contributed by atoms with van der Waals surface area (Å²) in [6, 6.07) is 41.5. The van der Waals surface area contributed by atoms with Gasteiger partial charge >= 0.3 is 34.1 Å². The first kappa shape index (κ1) is 58.6. The minimum atomic E-state index is 0. The molecule has 4 fully saturated rings. The first-order valence-electron chi connectivity index (χ1n) is 26.2. The van der Waals surface area contributed by atoms with Gasteiger partial charge in [-0.2, -0.15) is 99.5 Å². The monoisotopic (exact) mass is 1060 g/mol. The molecule has 0 bridgehead atoms. The zero-order valence-corrected chi connectivity index (χ0v) is 45.6.